The number of nitrogens with two attached hydrogens (primary N) is 1. The van der Waals surface area contributed by atoms with Crippen molar-refractivity contribution in [3.05, 3.63) is 33.8 Å². The number of aryl methyl sites for hydroxylation is 1. The van der Waals surface area contributed by atoms with Gasteiger partial charge in [0.25, 0.3) is 5.91 Å². The normalized spacial score (nSPS) is 10.8. The zero-order valence-electron chi connectivity index (χ0n) is 14.2. The maximum absolute atomic E-state index is 12.4. The van der Waals surface area contributed by atoms with Crippen molar-refractivity contribution in [2.75, 3.05) is 22.9 Å². The number of aromatic nitrogens is 3. The van der Waals surface area contributed by atoms with Gasteiger partial charge in [0.2, 0.25) is 0 Å². The number of halogens is 2. The first-order chi connectivity index (χ1) is 11.8. The number of anilines is 3. The minimum Gasteiger partial charge on any atom is -0.382 e. The lowest BCUT2D eigenvalue weighted by atomic mass is 10.1. The van der Waals surface area contributed by atoms with Crippen LogP contribution in [0.15, 0.2) is 12.3 Å². The Bertz CT molecular complexity index is 781. The molecule has 0 saturated heterocycles. The first-order valence-corrected chi connectivity index (χ1v) is 8.54. The van der Waals surface area contributed by atoms with Gasteiger partial charge in [0.05, 0.1) is 11.9 Å². The minimum absolute atomic E-state index is 0.00686. The fourth-order valence-corrected chi connectivity index (χ4v) is 2.30. The molecule has 0 radical (unpaired) electrons. The van der Waals surface area contributed by atoms with Crippen molar-refractivity contribution >= 4 is 46.4 Å². The van der Waals surface area contributed by atoms with Crippen LogP contribution in [0.25, 0.3) is 0 Å². The molecule has 7 nitrogen and oxygen atoms in total. The smallest absolute Gasteiger partial charge is 0.278 e. The van der Waals surface area contributed by atoms with Crippen LogP contribution >= 0.6 is 23.2 Å². The van der Waals surface area contributed by atoms with Crippen LogP contribution in [0.3, 0.4) is 0 Å². The molecular weight excluding hydrogens is 363 g/mol. The molecule has 0 aromatic carbocycles. The molecule has 1 amide bonds. The van der Waals surface area contributed by atoms with Gasteiger partial charge in [0.1, 0.15) is 5.15 Å². The number of nitrogens with zero attached hydrogens (tertiary/aromatic N) is 3. The summed E-state index contributed by atoms with van der Waals surface area (Å²) in [6, 6.07) is 1.69. The van der Waals surface area contributed by atoms with Crippen LogP contribution < -0.4 is 16.4 Å². The zero-order chi connectivity index (χ0) is 18.6. The summed E-state index contributed by atoms with van der Waals surface area (Å²) in [5.41, 5.74) is 7.02. The number of carbonyl (C=O) groups excluding carboxylic acids is 1. The number of rotatable bonds is 6. The predicted octanol–water partition coefficient (Wildman–Crippen LogP) is 3.78. The molecule has 0 atom stereocenters. The van der Waals surface area contributed by atoms with E-state index in [4.69, 9.17) is 28.9 Å². The van der Waals surface area contributed by atoms with Gasteiger partial charge < -0.3 is 16.4 Å². The summed E-state index contributed by atoms with van der Waals surface area (Å²) in [7, 11) is 0. The second kappa shape index (κ2) is 8.31. The van der Waals surface area contributed by atoms with Crippen molar-refractivity contribution in [3.8, 4) is 0 Å². The number of amides is 1. The van der Waals surface area contributed by atoms with Crippen LogP contribution in [-0.2, 0) is 0 Å². The highest BCUT2D eigenvalue weighted by Crippen LogP contribution is 2.22. The molecule has 0 fully saturated rings. The van der Waals surface area contributed by atoms with Crippen molar-refractivity contribution in [2.45, 2.75) is 27.2 Å². The second-order valence-electron chi connectivity index (χ2n) is 5.99. The second-order valence-corrected chi connectivity index (χ2v) is 6.71. The lowest BCUT2D eigenvalue weighted by molar-refractivity contribution is 0.102. The predicted molar refractivity (Wildman–Crippen MR) is 101 cm³/mol. The summed E-state index contributed by atoms with van der Waals surface area (Å²) < 4.78 is 0. The Kier molecular flexibility index (Phi) is 6.39. The first kappa shape index (κ1) is 19.2. The van der Waals surface area contributed by atoms with E-state index in [2.05, 4.69) is 39.4 Å². The highest BCUT2D eigenvalue weighted by Gasteiger charge is 2.17. The molecule has 2 rings (SSSR count). The van der Waals surface area contributed by atoms with Crippen LogP contribution in [0.1, 0.15) is 36.3 Å². The largest absolute Gasteiger partial charge is 0.382 e. The van der Waals surface area contributed by atoms with Gasteiger partial charge in [-0.25, -0.2) is 15.0 Å². The highest BCUT2D eigenvalue weighted by molar-refractivity contribution is 6.32. The lowest BCUT2D eigenvalue weighted by Crippen LogP contribution is -2.18. The van der Waals surface area contributed by atoms with Crippen LogP contribution in [0.4, 0.5) is 17.3 Å². The molecule has 134 valence electrons. The molecule has 2 aromatic rings. The number of pyridine rings is 1. The van der Waals surface area contributed by atoms with E-state index in [1.54, 1.807) is 13.0 Å². The van der Waals surface area contributed by atoms with Gasteiger partial charge in [-0.05, 0) is 30.9 Å². The fourth-order valence-electron chi connectivity index (χ4n) is 2.00. The number of carbonyl (C=O) groups is 1. The Morgan fingerprint density at radius 1 is 1.28 bits per heavy atom. The van der Waals surface area contributed by atoms with E-state index in [0.29, 0.717) is 29.1 Å². The summed E-state index contributed by atoms with van der Waals surface area (Å²) in [5, 5.41) is 6.19. The quantitative estimate of drug-likeness (QED) is 0.656. The van der Waals surface area contributed by atoms with Gasteiger partial charge in [-0.1, -0.05) is 37.0 Å². The van der Waals surface area contributed by atoms with Crippen LogP contribution in [-0.4, -0.2) is 27.4 Å². The van der Waals surface area contributed by atoms with E-state index in [-0.39, 0.29) is 16.7 Å². The lowest BCUT2D eigenvalue weighted by Gasteiger charge is -2.12. The van der Waals surface area contributed by atoms with Crippen molar-refractivity contribution in [2.24, 2.45) is 5.92 Å². The van der Waals surface area contributed by atoms with Gasteiger partial charge in [-0.15, -0.1) is 0 Å². The Hall–Kier alpha value is -2.12. The average molecular weight is 383 g/mol. The topological polar surface area (TPSA) is 106 Å². The average Bonchev–Trinajstić information content (AvgIpc) is 2.53. The van der Waals surface area contributed by atoms with E-state index in [9.17, 15) is 4.79 Å². The number of hydrogen-bond acceptors (Lipinski definition) is 6. The third kappa shape index (κ3) is 5.17. The molecule has 0 saturated carbocycles. The molecule has 25 heavy (non-hydrogen) atoms. The summed E-state index contributed by atoms with van der Waals surface area (Å²) in [6.45, 7) is 6.70. The Labute approximate surface area is 156 Å². The summed E-state index contributed by atoms with van der Waals surface area (Å²) in [4.78, 5) is 24.5. The first-order valence-electron chi connectivity index (χ1n) is 7.78. The van der Waals surface area contributed by atoms with Crippen molar-refractivity contribution in [3.63, 3.8) is 0 Å². The Morgan fingerprint density at radius 2 is 2.00 bits per heavy atom. The molecule has 4 N–H and O–H groups in total. The van der Waals surface area contributed by atoms with Crippen molar-refractivity contribution in [1.29, 1.82) is 0 Å². The third-order valence-electron chi connectivity index (χ3n) is 3.38. The molecule has 0 aliphatic heterocycles. The monoisotopic (exact) mass is 382 g/mol. The van der Waals surface area contributed by atoms with E-state index < -0.39 is 5.91 Å². The molecule has 9 heteroatoms. The molecule has 2 aromatic heterocycles. The zero-order valence-corrected chi connectivity index (χ0v) is 15.7. The van der Waals surface area contributed by atoms with Gasteiger partial charge >= 0.3 is 0 Å². The standard InChI is InChI=1S/C16H20Cl2N6O/c1-8(2)4-5-20-15-13(18)23-11(14(19)24-15)16(25)22-10-6-9(3)12(17)21-7-10/h6-8H,4-5H2,1-3H3,(H,22,25)(H3,19,20,24). The molecule has 0 spiro atoms. The van der Waals surface area contributed by atoms with Gasteiger partial charge in [0, 0.05) is 6.54 Å². The number of hydrogen-bond donors (Lipinski definition) is 3. The van der Waals surface area contributed by atoms with E-state index in [1.165, 1.54) is 6.20 Å². The minimum atomic E-state index is -0.524. The maximum atomic E-state index is 12.4. The SMILES string of the molecule is Cc1cc(NC(=O)c2nc(Cl)c(NCCC(C)C)nc2N)cnc1Cl. The Balaban J connectivity index is 2.14. The fraction of sp³-hybridized carbons (Fsp3) is 0.375. The highest BCUT2D eigenvalue weighted by atomic mass is 35.5. The summed E-state index contributed by atoms with van der Waals surface area (Å²) >= 11 is 12.0. The number of nitrogens with one attached hydrogen (secondary N) is 2. The van der Waals surface area contributed by atoms with E-state index in [1.807, 2.05) is 0 Å². The van der Waals surface area contributed by atoms with Gasteiger partial charge in [-0.3, -0.25) is 4.79 Å². The summed E-state index contributed by atoms with van der Waals surface area (Å²) in [6.07, 6.45) is 2.39. The Morgan fingerprint density at radius 3 is 2.64 bits per heavy atom. The van der Waals surface area contributed by atoms with Crippen LogP contribution in [0, 0.1) is 12.8 Å². The molecule has 0 aliphatic carbocycles. The summed E-state index contributed by atoms with van der Waals surface area (Å²) in [5.74, 6) is 0.371. The van der Waals surface area contributed by atoms with Crippen molar-refractivity contribution < 1.29 is 4.79 Å². The van der Waals surface area contributed by atoms with E-state index in [0.717, 1.165) is 12.0 Å². The molecule has 2 heterocycles. The molecule has 0 aliphatic rings. The van der Waals surface area contributed by atoms with Crippen molar-refractivity contribution in [1.82, 2.24) is 15.0 Å². The van der Waals surface area contributed by atoms with Gasteiger partial charge in [-0.2, -0.15) is 0 Å². The van der Waals surface area contributed by atoms with Crippen LogP contribution in [0.5, 0.6) is 0 Å². The third-order valence-corrected chi connectivity index (χ3v) is 4.04. The molecular formula is C16H20Cl2N6O. The molecule has 0 bridgehead atoms. The number of nitrogen functional groups attached to an aromatic ring is 1. The maximum Gasteiger partial charge on any atom is 0.278 e. The van der Waals surface area contributed by atoms with E-state index >= 15 is 0 Å². The van der Waals surface area contributed by atoms with Crippen LogP contribution in [0.2, 0.25) is 10.3 Å². The van der Waals surface area contributed by atoms with Gasteiger partial charge in [0.15, 0.2) is 22.5 Å². The molecule has 0 unspecified atom stereocenters.